The van der Waals surface area contributed by atoms with Crippen LogP contribution in [-0.4, -0.2) is 16.1 Å². The average Bonchev–Trinajstić information content (AvgIpc) is 2.13. The molecule has 1 heterocycles. The third kappa shape index (κ3) is 3.27. The van der Waals surface area contributed by atoms with E-state index in [1.165, 1.54) is 22.6 Å². The maximum Gasteiger partial charge on any atom is 0.418 e. The van der Waals surface area contributed by atoms with E-state index < -0.39 is 41.7 Å². The van der Waals surface area contributed by atoms with Crippen molar-refractivity contribution in [1.82, 2.24) is 4.98 Å². The molecule has 0 saturated carbocycles. The Morgan fingerprint density at radius 1 is 1.44 bits per heavy atom. The minimum Gasteiger partial charge on any atom is -0.481 e. The second-order valence-corrected chi connectivity index (χ2v) is 4.25. The third-order valence-electron chi connectivity index (χ3n) is 2.03. The summed E-state index contributed by atoms with van der Waals surface area (Å²) < 4.78 is 62.8. The summed E-state index contributed by atoms with van der Waals surface area (Å²) in [6.07, 6.45) is -8.91. The first-order valence-electron chi connectivity index (χ1n) is 4.39. The quantitative estimate of drug-likeness (QED) is 0.497. The summed E-state index contributed by atoms with van der Waals surface area (Å²) in [6.45, 7) is 0. The van der Waals surface area contributed by atoms with Crippen molar-refractivity contribution in [1.29, 1.82) is 0 Å². The van der Waals surface area contributed by atoms with Gasteiger partial charge in [-0.15, -0.1) is 0 Å². The molecule has 0 aliphatic carbocycles. The van der Waals surface area contributed by atoms with E-state index in [1.54, 1.807) is 0 Å². The van der Waals surface area contributed by atoms with Crippen molar-refractivity contribution in [2.75, 3.05) is 0 Å². The maximum atomic E-state index is 12.7. The van der Waals surface area contributed by atoms with E-state index in [-0.39, 0.29) is 3.70 Å². The highest BCUT2D eigenvalue weighted by molar-refractivity contribution is 14.1. The molecule has 1 N–H and O–H groups in total. The fraction of sp³-hybridized carbons (Fsp3) is 0.333. The Bertz CT molecular complexity index is 475. The van der Waals surface area contributed by atoms with Crippen molar-refractivity contribution in [3.8, 4) is 0 Å². The lowest BCUT2D eigenvalue weighted by molar-refractivity contribution is -0.140. The van der Waals surface area contributed by atoms with Crippen LogP contribution in [0.1, 0.15) is 23.1 Å². The molecule has 0 aromatic carbocycles. The maximum absolute atomic E-state index is 12.7. The SMILES string of the molecule is O=C(O)Cc1c(C(F)(F)F)cnc(I)c1C(F)F. The van der Waals surface area contributed by atoms with Gasteiger partial charge in [-0.25, -0.2) is 13.8 Å². The van der Waals surface area contributed by atoms with E-state index in [0.717, 1.165) is 0 Å². The Hall–Kier alpha value is -1.00. The Morgan fingerprint density at radius 2 is 2.00 bits per heavy atom. The molecule has 0 bridgehead atoms. The molecule has 0 aliphatic rings. The molecular formula is C9H5F5INO2. The number of alkyl halides is 5. The van der Waals surface area contributed by atoms with Crippen LogP contribution in [0.2, 0.25) is 0 Å². The van der Waals surface area contributed by atoms with Crippen molar-refractivity contribution in [3.05, 3.63) is 26.6 Å². The summed E-state index contributed by atoms with van der Waals surface area (Å²) in [5.41, 5.74) is -3.36. The van der Waals surface area contributed by atoms with Crippen molar-refractivity contribution in [2.45, 2.75) is 19.0 Å². The molecule has 0 aliphatic heterocycles. The van der Waals surface area contributed by atoms with Crippen LogP contribution in [0.15, 0.2) is 6.20 Å². The lowest BCUT2D eigenvalue weighted by Gasteiger charge is -2.16. The normalized spacial score (nSPS) is 11.9. The van der Waals surface area contributed by atoms with Gasteiger partial charge >= 0.3 is 12.1 Å². The van der Waals surface area contributed by atoms with Gasteiger partial charge in [0.25, 0.3) is 6.43 Å². The molecular weight excluding hydrogens is 376 g/mol. The zero-order valence-corrected chi connectivity index (χ0v) is 10.6. The summed E-state index contributed by atoms with van der Waals surface area (Å²) in [7, 11) is 0. The molecule has 1 aromatic rings. The zero-order valence-electron chi connectivity index (χ0n) is 8.43. The van der Waals surface area contributed by atoms with Crippen LogP contribution >= 0.6 is 22.6 Å². The number of hydrogen-bond donors (Lipinski definition) is 1. The number of rotatable bonds is 3. The van der Waals surface area contributed by atoms with Crippen LogP contribution in [0.3, 0.4) is 0 Å². The van der Waals surface area contributed by atoms with Crippen molar-refractivity contribution in [3.63, 3.8) is 0 Å². The number of carboxylic acid groups (broad SMARTS) is 1. The van der Waals surface area contributed by atoms with Crippen LogP contribution < -0.4 is 0 Å². The van der Waals surface area contributed by atoms with Gasteiger partial charge in [0, 0.05) is 6.20 Å². The summed E-state index contributed by atoms with van der Waals surface area (Å²) in [6, 6.07) is 0. The fourth-order valence-corrected chi connectivity index (χ4v) is 2.05. The Labute approximate surface area is 111 Å². The Kier molecular flexibility index (Phi) is 4.46. The van der Waals surface area contributed by atoms with Crippen molar-refractivity contribution < 1.29 is 31.9 Å². The predicted octanol–water partition coefficient (Wildman–Crippen LogP) is 3.27. The van der Waals surface area contributed by atoms with Gasteiger partial charge in [-0.3, -0.25) is 4.79 Å². The molecule has 1 rings (SSSR count). The highest BCUT2D eigenvalue weighted by atomic mass is 127. The molecule has 0 radical (unpaired) electrons. The van der Waals surface area contributed by atoms with Crippen LogP contribution in [0.25, 0.3) is 0 Å². The highest BCUT2D eigenvalue weighted by Crippen LogP contribution is 2.37. The first-order valence-corrected chi connectivity index (χ1v) is 5.47. The van der Waals surface area contributed by atoms with Crippen LogP contribution in [0, 0.1) is 3.70 Å². The van der Waals surface area contributed by atoms with Gasteiger partial charge in [-0.05, 0) is 28.2 Å². The van der Waals surface area contributed by atoms with Gasteiger partial charge in [0.2, 0.25) is 0 Å². The minimum atomic E-state index is -4.92. The molecule has 0 amide bonds. The predicted molar refractivity (Wildman–Crippen MR) is 58.3 cm³/mol. The van der Waals surface area contributed by atoms with E-state index >= 15 is 0 Å². The largest absolute Gasteiger partial charge is 0.481 e. The van der Waals surface area contributed by atoms with Crippen molar-refractivity contribution in [2.24, 2.45) is 0 Å². The van der Waals surface area contributed by atoms with Crippen LogP contribution in [0.5, 0.6) is 0 Å². The standard InChI is InChI=1S/C9H5F5INO2/c10-7(11)6-3(1-5(17)18)4(9(12,13)14)2-16-8(6)15/h2,7H,1H2,(H,17,18). The molecule has 9 heteroatoms. The summed E-state index contributed by atoms with van der Waals surface area (Å²) >= 11 is 1.34. The van der Waals surface area contributed by atoms with Crippen LogP contribution in [-0.2, 0) is 17.4 Å². The first kappa shape index (κ1) is 15.1. The Morgan fingerprint density at radius 3 is 2.39 bits per heavy atom. The number of aliphatic carboxylic acids is 1. The van der Waals surface area contributed by atoms with Gasteiger partial charge in [0.05, 0.1) is 17.5 Å². The number of carboxylic acids is 1. The summed E-state index contributed by atoms with van der Waals surface area (Å²) in [5, 5.41) is 8.52. The van der Waals surface area contributed by atoms with Gasteiger partial charge in [-0.2, -0.15) is 13.2 Å². The zero-order chi connectivity index (χ0) is 14.1. The summed E-state index contributed by atoms with van der Waals surface area (Å²) in [4.78, 5) is 13.7. The lowest BCUT2D eigenvalue weighted by atomic mass is 10.0. The molecule has 0 fully saturated rings. The second-order valence-electron chi connectivity index (χ2n) is 3.22. The van der Waals surface area contributed by atoms with Crippen molar-refractivity contribution >= 4 is 28.6 Å². The number of hydrogen-bond acceptors (Lipinski definition) is 2. The Balaban J connectivity index is 3.54. The molecule has 0 atom stereocenters. The molecule has 1 aromatic heterocycles. The van der Waals surface area contributed by atoms with Crippen LogP contribution in [0.4, 0.5) is 22.0 Å². The molecule has 0 unspecified atom stereocenters. The molecule has 18 heavy (non-hydrogen) atoms. The molecule has 0 saturated heterocycles. The number of carbonyl (C=O) groups is 1. The van der Waals surface area contributed by atoms with E-state index in [4.69, 9.17) is 5.11 Å². The van der Waals surface area contributed by atoms with Gasteiger partial charge < -0.3 is 5.11 Å². The van der Waals surface area contributed by atoms with E-state index in [2.05, 4.69) is 4.98 Å². The molecule has 100 valence electrons. The van der Waals surface area contributed by atoms with E-state index in [1.807, 2.05) is 0 Å². The molecule has 3 nitrogen and oxygen atoms in total. The van der Waals surface area contributed by atoms with Gasteiger partial charge in [0.15, 0.2) is 0 Å². The van der Waals surface area contributed by atoms with Gasteiger partial charge in [0.1, 0.15) is 3.70 Å². The average molecular weight is 381 g/mol. The number of aromatic nitrogens is 1. The second kappa shape index (κ2) is 5.33. The number of nitrogens with zero attached hydrogens (tertiary/aromatic N) is 1. The van der Waals surface area contributed by atoms with E-state index in [9.17, 15) is 26.7 Å². The monoisotopic (exact) mass is 381 g/mol. The topological polar surface area (TPSA) is 50.2 Å². The summed E-state index contributed by atoms with van der Waals surface area (Å²) in [5.74, 6) is -1.62. The minimum absolute atomic E-state index is 0.341. The highest BCUT2D eigenvalue weighted by Gasteiger charge is 2.37. The smallest absolute Gasteiger partial charge is 0.418 e. The molecule has 0 spiro atoms. The van der Waals surface area contributed by atoms with E-state index in [0.29, 0.717) is 6.20 Å². The van der Waals surface area contributed by atoms with Gasteiger partial charge in [-0.1, -0.05) is 0 Å². The number of halogens is 6. The lowest BCUT2D eigenvalue weighted by Crippen LogP contribution is -2.17. The number of pyridine rings is 1. The fourth-order valence-electron chi connectivity index (χ4n) is 1.35. The third-order valence-corrected chi connectivity index (χ3v) is 2.89. The first-order chi connectivity index (χ1) is 8.14.